The molecule has 1 aliphatic rings. The summed E-state index contributed by atoms with van der Waals surface area (Å²) in [5.41, 5.74) is -0.108. The fraction of sp³-hybridized carbons (Fsp3) is 0.500. The first-order chi connectivity index (χ1) is 13.0. The molecule has 11 heteroatoms. The third-order valence-electron chi connectivity index (χ3n) is 4.63. The van der Waals surface area contributed by atoms with E-state index >= 15 is 0 Å². The summed E-state index contributed by atoms with van der Waals surface area (Å²) in [6.07, 6.45) is 4.62. The van der Waals surface area contributed by atoms with Crippen LogP contribution in [0.25, 0.3) is 11.2 Å². The summed E-state index contributed by atoms with van der Waals surface area (Å²) in [4.78, 5) is 40.6. The lowest BCUT2D eigenvalue weighted by molar-refractivity contribution is -0.116. The molecule has 27 heavy (non-hydrogen) atoms. The smallest absolute Gasteiger partial charge is 0.325 e. The predicted octanol–water partition coefficient (Wildman–Crippen LogP) is 0.581. The van der Waals surface area contributed by atoms with Gasteiger partial charge in [-0.05, 0) is 19.3 Å². The lowest BCUT2D eigenvalue weighted by atomic mass is 10.3. The quantitative estimate of drug-likeness (QED) is 0.659. The Balaban J connectivity index is 1.40. The van der Waals surface area contributed by atoms with Gasteiger partial charge in [0.05, 0.1) is 6.33 Å². The van der Waals surface area contributed by atoms with E-state index in [2.05, 4.69) is 20.5 Å². The maximum absolute atomic E-state index is 12.4. The number of nitrogens with zero attached hydrogens (tertiary/aromatic N) is 6. The zero-order chi connectivity index (χ0) is 19.1. The lowest BCUT2D eigenvalue weighted by Gasteiger charge is -2.06. The molecule has 1 aliphatic carbocycles. The number of hydrogen-bond acceptors (Lipinski definition) is 7. The molecule has 1 saturated carbocycles. The number of carbonyl (C=O) groups is 1. The van der Waals surface area contributed by atoms with Gasteiger partial charge in [-0.25, -0.2) is 9.78 Å². The van der Waals surface area contributed by atoms with Crippen LogP contribution in [0.15, 0.2) is 15.9 Å². The Hall–Kier alpha value is -2.82. The minimum absolute atomic E-state index is 0.141. The van der Waals surface area contributed by atoms with Gasteiger partial charge in [-0.2, -0.15) is 0 Å². The minimum Gasteiger partial charge on any atom is -0.325 e. The van der Waals surface area contributed by atoms with Crippen LogP contribution >= 0.6 is 11.3 Å². The van der Waals surface area contributed by atoms with Crippen LogP contribution < -0.4 is 16.6 Å². The Morgan fingerprint density at radius 1 is 1.26 bits per heavy atom. The molecule has 1 amide bonds. The summed E-state index contributed by atoms with van der Waals surface area (Å²) in [5, 5.41) is 12.4. The number of aryl methyl sites for hydroxylation is 2. The van der Waals surface area contributed by atoms with Gasteiger partial charge in [0.15, 0.2) is 11.2 Å². The molecule has 0 saturated heterocycles. The van der Waals surface area contributed by atoms with Crippen molar-refractivity contribution < 1.29 is 4.79 Å². The maximum Gasteiger partial charge on any atom is 0.332 e. The largest absolute Gasteiger partial charge is 0.332 e. The van der Waals surface area contributed by atoms with Crippen LogP contribution in [-0.2, 0) is 25.4 Å². The first-order valence-electron chi connectivity index (χ1n) is 8.70. The Morgan fingerprint density at radius 3 is 2.78 bits per heavy atom. The van der Waals surface area contributed by atoms with E-state index in [0.717, 1.165) is 22.4 Å². The van der Waals surface area contributed by atoms with Crippen LogP contribution in [0.3, 0.4) is 0 Å². The molecule has 0 aliphatic heterocycles. The van der Waals surface area contributed by atoms with Crippen LogP contribution in [0.1, 0.15) is 36.6 Å². The van der Waals surface area contributed by atoms with E-state index in [1.165, 1.54) is 29.3 Å². The van der Waals surface area contributed by atoms with Crippen LogP contribution in [0.5, 0.6) is 0 Å². The summed E-state index contributed by atoms with van der Waals surface area (Å²) in [6, 6.07) is 0. The van der Waals surface area contributed by atoms with E-state index in [9.17, 15) is 14.4 Å². The molecule has 0 aromatic carbocycles. The molecule has 0 atom stereocenters. The number of amides is 1. The van der Waals surface area contributed by atoms with Crippen molar-refractivity contribution >= 4 is 33.5 Å². The summed E-state index contributed by atoms with van der Waals surface area (Å²) < 4.78 is 4.08. The number of anilines is 1. The first kappa shape index (κ1) is 17.6. The second kappa shape index (κ2) is 6.72. The van der Waals surface area contributed by atoms with Crippen molar-refractivity contribution in [2.75, 3.05) is 5.32 Å². The fourth-order valence-corrected chi connectivity index (χ4v) is 3.87. The highest BCUT2D eigenvalue weighted by molar-refractivity contribution is 7.15. The van der Waals surface area contributed by atoms with E-state index in [0.29, 0.717) is 35.2 Å². The van der Waals surface area contributed by atoms with Crippen molar-refractivity contribution in [1.82, 2.24) is 28.9 Å². The third kappa shape index (κ3) is 3.29. The topological polar surface area (TPSA) is 117 Å². The molecular weight excluding hydrogens is 370 g/mol. The Labute approximate surface area is 157 Å². The van der Waals surface area contributed by atoms with Crippen molar-refractivity contribution in [3.63, 3.8) is 0 Å². The van der Waals surface area contributed by atoms with Gasteiger partial charge in [-0.15, -0.1) is 10.2 Å². The van der Waals surface area contributed by atoms with E-state index < -0.39 is 11.2 Å². The van der Waals surface area contributed by atoms with Crippen molar-refractivity contribution in [3.05, 3.63) is 32.2 Å². The van der Waals surface area contributed by atoms with Crippen LogP contribution in [0.2, 0.25) is 0 Å². The van der Waals surface area contributed by atoms with Gasteiger partial charge in [0.25, 0.3) is 5.56 Å². The number of fused-ring (bicyclic) bond motifs is 1. The zero-order valence-corrected chi connectivity index (χ0v) is 15.8. The molecule has 1 N–H and O–H groups in total. The van der Waals surface area contributed by atoms with Gasteiger partial charge in [0, 0.05) is 33.0 Å². The van der Waals surface area contributed by atoms with Gasteiger partial charge in [0.2, 0.25) is 11.0 Å². The number of aromatic nitrogens is 6. The second-order valence-electron chi connectivity index (χ2n) is 6.69. The zero-order valence-electron chi connectivity index (χ0n) is 15.0. The molecular formula is C16H19N7O3S. The number of rotatable bonds is 6. The maximum atomic E-state index is 12.4. The first-order valence-corrected chi connectivity index (χ1v) is 9.51. The van der Waals surface area contributed by atoms with E-state index in [-0.39, 0.29) is 12.3 Å². The fourth-order valence-electron chi connectivity index (χ4n) is 2.94. The summed E-state index contributed by atoms with van der Waals surface area (Å²) >= 11 is 1.43. The lowest BCUT2D eigenvalue weighted by Crippen LogP contribution is -2.37. The molecule has 0 bridgehead atoms. The van der Waals surface area contributed by atoms with Crippen molar-refractivity contribution in [1.29, 1.82) is 0 Å². The van der Waals surface area contributed by atoms with E-state index in [1.54, 1.807) is 11.6 Å². The van der Waals surface area contributed by atoms with Crippen molar-refractivity contribution in [3.8, 4) is 0 Å². The number of carbonyl (C=O) groups excluding carboxylic acids is 1. The number of nitrogens with one attached hydrogen (secondary N) is 1. The SMILES string of the molecule is Cn1c(=O)c2c(ncn2CCCC(=O)Nc2nnc(C3CC3)s2)n(C)c1=O. The van der Waals surface area contributed by atoms with Gasteiger partial charge in [-0.3, -0.25) is 18.7 Å². The van der Waals surface area contributed by atoms with Crippen molar-refractivity contribution in [2.45, 2.75) is 38.1 Å². The molecule has 0 radical (unpaired) electrons. The highest BCUT2D eigenvalue weighted by Crippen LogP contribution is 2.42. The minimum atomic E-state index is -0.417. The molecule has 142 valence electrons. The Bertz CT molecular complexity index is 1140. The second-order valence-corrected chi connectivity index (χ2v) is 7.70. The van der Waals surface area contributed by atoms with Gasteiger partial charge >= 0.3 is 5.69 Å². The molecule has 3 heterocycles. The van der Waals surface area contributed by atoms with E-state index in [4.69, 9.17) is 0 Å². The molecule has 0 spiro atoms. The molecule has 4 rings (SSSR count). The van der Waals surface area contributed by atoms with E-state index in [1.807, 2.05) is 0 Å². The standard InChI is InChI=1S/C16H19N7O3S/c1-21-12-11(14(25)22(2)16(21)26)23(8-17-12)7-3-4-10(24)18-15-20-19-13(27-15)9-5-6-9/h8-9H,3-7H2,1-2H3,(H,18,20,24). The molecule has 10 nitrogen and oxygen atoms in total. The monoisotopic (exact) mass is 389 g/mol. The predicted molar refractivity (Wildman–Crippen MR) is 100.0 cm³/mol. The highest BCUT2D eigenvalue weighted by atomic mass is 32.1. The van der Waals surface area contributed by atoms with Crippen LogP contribution in [0.4, 0.5) is 5.13 Å². The summed E-state index contributed by atoms with van der Waals surface area (Å²) in [5.74, 6) is 0.375. The molecule has 3 aromatic heterocycles. The average Bonchev–Trinajstić information content (AvgIpc) is 3.25. The van der Waals surface area contributed by atoms with Gasteiger partial charge in [0.1, 0.15) is 5.01 Å². The van der Waals surface area contributed by atoms with Gasteiger partial charge in [-0.1, -0.05) is 11.3 Å². The number of hydrogen-bond donors (Lipinski definition) is 1. The van der Waals surface area contributed by atoms with Crippen LogP contribution in [-0.4, -0.2) is 34.8 Å². The average molecular weight is 389 g/mol. The summed E-state index contributed by atoms with van der Waals surface area (Å²) in [7, 11) is 3.01. The highest BCUT2D eigenvalue weighted by Gasteiger charge is 2.27. The molecule has 3 aromatic rings. The Kier molecular flexibility index (Phi) is 4.38. The molecule has 1 fully saturated rings. The molecule has 0 unspecified atom stereocenters. The summed E-state index contributed by atoms with van der Waals surface area (Å²) in [6.45, 7) is 0.445. The normalized spacial score (nSPS) is 14.0. The number of imidazole rings is 1. The third-order valence-corrected chi connectivity index (χ3v) is 5.63. The van der Waals surface area contributed by atoms with Crippen molar-refractivity contribution in [2.24, 2.45) is 14.1 Å². The van der Waals surface area contributed by atoms with Crippen LogP contribution in [0, 0.1) is 0 Å². The van der Waals surface area contributed by atoms with Gasteiger partial charge < -0.3 is 9.88 Å². The Morgan fingerprint density at radius 2 is 2.04 bits per heavy atom.